The minimum Gasteiger partial charge on any atom is -0.496 e. The van der Waals surface area contributed by atoms with Gasteiger partial charge in [0.15, 0.2) is 0 Å². The summed E-state index contributed by atoms with van der Waals surface area (Å²) in [7, 11) is 4.90. The minimum atomic E-state index is -0.151. The van der Waals surface area contributed by atoms with E-state index in [9.17, 15) is 4.79 Å². The number of carbonyl (C=O) groups excluding carboxylic acids is 1. The fraction of sp³-hybridized carbons (Fsp3) is 0.259. The van der Waals surface area contributed by atoms with Crippen LogP contribution in [0, 0.1) is 0 Å². The molecule has 2 heterocycles. The zero-order chi connectivity index (χ0) is 26.5. The Morgan fingerprint density at radius 2 is 1.86 bits per heavy atom. The van der Waals surface area contributed by atoms with E-state index in [0.717, 1.165) is 11.3 Å². The Labute approximate surface area is 221 Å². The highest BCUT2D eigenvalue weighted by atomic mass is 35.5. The van der Waals surface area contributed by atoms with Crippen LogP contribution in [0.1, 0.15) is 35.8 Å². The number of nitrogens with one attached hydrogen (secondary N) is 1. The molecular weight excluding hydrogens is 492 g/mol. The number of para-hydroxylation sites is 1. The van der Waals surface area contributed by atoms with Crippen LogP contribution in [-0.2, 0) is 6.54 Å². The first-order valence-electron chi connectivity index (χ1n) is 11.7. The summed E-state index contributed by atoms with van der Waals surface area (Å²) < 4.78 is 12.8. The lowest BCUT2D eigenvalue weighted by atomic mass is 10.1. The summed E-state index contributed by atoms with van der Waals surface area (Å²) in [6, 6.07) is 14.9. The summed E-state index contributed by atoms with van der Waals surface area (Å²) in [4.78, 5) is 23.6. The fourth-order valence-electron chi connectivity index (χ4n) is 3.79. The first kappa shape index (κ1) is 26.0. The summed E-state index contributed by atoms with van der Waals surface area (Å²) in [5.41, 5.74) is 3.17. The number of hydrogen-bond acceptors (Lipinski definition) is 7. The highest BCUT2D eigenvalue weighted by Gasteiger charge is 2.18. The summed E-state index contributed by atoms with van der Waals surface area (Å²) in [5.74, 6) is 1.38. The monoisotopic (exact) mass is 520 g/mol. The normalized spacial score (nSPS) is 10.9. The first-order valence-corrected chi connectivity index (χ1v) is 12.1. The molecular formula is C27H29ClN6O3. The van der Waals surface area contributed by atoms with Crippen LogP contribution in [0.3, 0.4) is 0 Å². The largest absolute Gasteiger partial charge is 0.496 e. The number of anilines is 2. The maximum absolute atomic E-state index is 13.1. The molecule has 192 valence electrons. The SMILES string of the molecule is COc1ccccc1CN(C)C(=O)c1ccc(Nc2ncc(Cl)c(-c3ccn(C(C)C)n3)n2)c(OC)c1. The number of aromatic nitrogens is 4. The Morgan fingerprint density at radius 1 is 1.11 bits per heavy atom. The molecule has 10 heteroatoms. The quantitative estimate of drug-likeness (QED) is 0.306. The molecule has 37 heavy (non-hydrogen) atoms. The molecule has 0 radical (unpaired) electrons. The third-order valence-electron chi connectivity index (χ3n) is 5.77. The number of amides is 1. The molecule has 4 aromatic rings. The standard InChI is InChI=1S/C27H29ClN6O3/c1-17(2)34-13-12-22(32-34)25-20(28)15-29-27(31-25)30-21-11-10-18(14-24(21)37-5)26(35)33(3)16-19-8-6-7-9-23(19)36-4/h6-15,17H,16H2,1-5H3,(H,29,30,31). The van der Waals surface area contributed by atoms with Crippen molar-refractivity contribution in [2.45, 2.75) is 26.4 Å². The molecule has 9 nitrogen and oxygen atoms in total. The zero-order valence-corrected chi connectivity index (χ0v) is 22.2. The van der Waals surface area contributed by atoms with Crippen LogP contribution >= 0.6 is 11.6 Å². The van der Waals surface area contributed by atoms with Crippen LogP contribution < -0.4 is 14.8 Å². The molecule has 1 amide bonds. The lowest BCUT2D eigenvalue weighted by Gasteiger charge is -2.20. The van der Waals surface area contributed by atoms with Crippen LogP contribution in [-0.4, -0.2) is 51.8 Å². The van der Waals surface area contributed by atoms with Gasteiger partial charge >= 0.3 is 0 Å². The van der Waals surface area contributed by atoms with Gasteiger partial charge in [-0.05, 0) is 44.2 Å². The van der Waals surface area contributed by atoms with Crippen LogP contribution in [0.2, 0.25) is 5.02 Å². The van der Waals surface area contributed by atoms with Crippen molar-refractivity contribution in [2.75, 3.05) is 26.6 Å². The van der Waals surface area contributed by atoms with Crippen molar-refractivity contribution in [1.82, 2.24) is 24.6 Å². The van der Waals surface area contributed by atoms with Crippen LogP contribution in [0.5, 0.6) is 11.5 Å². The van der Waals surface area contributed by atoms with Gasteiger partial charge in [0.25, 0.3) is 5.91 Å². The Morgan fingerprint density at radius 3 is 2.57 bits per heavy atom. The number of rotatable bonds is 9. The summed E-state index contributed by atoms with van der Waals surface area (Å²) >= 11 is 6.37. The second-order valence-corrected chi connectivity index (χ2v) is 9.09. The molecule has 0 aliphatic carbocycles. The summed E-state index contributed by atoms with van der Waals surface area (Å²) in [6.45, 7) is 4.49. The van der Waals surface area contributed by atoms with Crippen LogP contribution in [0.4, 0.5) is 11.6 Å². The summed E-state index contributed by atoms with van der Waals surface area (Å²) in [6.07, 6.45) is 3.41. The Kier molecular flexibility index (Phi) is 7.93. The van der Waals surface area contributed by atoms with E-state index in [4.69, 9.17) is 21.1 Å². The van der Waals surface area contributed by atoms with Crippen LogP contribution in [0.15, 0.2) is 60.9 Å². The van der Waals surface area contributed by atoms with Crippen molar-refractivity contribution >= 4 is 29.1 Å². The van der Waals surface area contributed by atoms with Gasteiger partial charge < -0.3 is 19.7 Å². The average Bonchev–Trinajstić information content (AvgIpc) is 3.40. The van der Waals surface area contributed by atoms with E-state index < -0.39 is 0 Å². The van der Waals surface area contributed by atoms with Gasteiger partial charge in [-0.2, -0.15) is 5.10 Å². The molecule has 0 aliphatic heterocycles. The van der Waals surface area contributed by atoms with Gasteiger partial charge in [0.1, 0.15) is 22.9 Å². The second kappa shape index (κ2) is 11.3. The van der Waals surface area contributed by atoms with E-state index in [-0.39, 0.29) is 11.9 Å². The van der Waals surface area contributed by atoms with Crippen molar-refractivity contribution in [1.29, 1.82) is 0 Å². The molecule has 2 aromatic heterocycles. The minimum absolute atomic E-state index is 0.151. The van der Waals surface area contributed by atoms with E-state index in [1.165, 1.54) is 6.20 Å². The predicted molar refractivity (Wildman–Crippen MR) is 144 cm³/mol. The molecule has 0 bridgehead atoms. The fourth-order valence-corrected chi connectivity index (χ4v) is 3.98. The topological polar surface area (TPSA) is 94.4 Å². The van der Waals surface area contributed by atoms with Gasteiger partial charge in [0.2, 0.25) is 5.95 Å². The van der Waals surface area contributed by atoms with Gasteiger partial charge in [-0.1, -0.05) is 29.8 Å². The zero-order valence-electron chi connectivity index (χ0n) is 21.4. The molecule has 1 N–H and O–H groups in total. The maximum Gasteiger partial charge on any atom is 0.254 e. The predicted octanol–water partition coefficient (Wildman–Crippen LogP) is 5.61. The number of nitrogens with zero attached hydrogens (tertiary/aromatic N) is 5. The maximum atomic E-state index is 13.1. The molecule has 0 saturated heterocycles. The number of benzene rings is 2. The molecule has 0 spiro atoms. The van der Waals surface area contributed by atoms with Gasteiger partial charge in [0, 0.05) is 37.0 Å². The second-order valence-electron chi connectivity index (χ2n) is 8.68. The van der Waals surface area contributed by atoms with Gasteiger partial charge in [0.05, 0.1) is 31.1 Å². The average molecular weight is 521 g/mol. The third kappa shape index (κ3) is 5.83. The number of hydrogen-bond donors (Lipinski definition) is 1. The smallest absolute Gasteiger partial charge is 0.254 e. The molecule has 0 unspecified atom stereocenters. The molecule has 0 saturated carbocycles. The van der Waals surface area contributed by atoms with Gasteiger partial charge in [-0.15, -0.1) is 0 Å². The van der Waals surface area contributed by atoms with E-state index in [0.29, 0.717) is 45.9 Å². The van der Waals surface area contributed by atoms with Crippen molar-refractivity contribution in [3.05, 3.63) is 77.1 Å². The lowest BCUT2D eigenvalue weighted by molar-refractivity contribution is 0.0784. The lowest BCUT2D eigenvalue weighted by Crippen LogP contribution is -2.26. The molecule has 4 rings (SSSR count). The Bertz CT molecular complexity index is 1400. The molecule has 2 aromatic carbocycles. The third-order valence-corrected chi connectivity index (χ3v) is 6.04. The Hall–Kier alpha value is -4.11. The van der Waals surface area contributed by atoms with E-state index in [1.54, 1.807) is 44.4 Å². The van der Waals surface area contributed by atoms with Crippen molar-refractivity contribution in [2.24, 2.45) is 0 Å². The van der Waals surface area contributed by atoms with Crippen LogP contribution in [0.25, 0.3) is 11.4 Å². The highest BCUT2D eigenvalue weighted by molar-refractivity contribution is 6.32. The van der Waals surface area contributed by atoms with Gasteiger partial charge in [-0.25, -0.2) is 9.97 Å². The van der Waals surface area contributed by atoms with E-state index in [1.807, 2.05) is 55.1 Å². The molecule has 0 fully saturated rings. The number of halogens is 1. The van der Waals surface area contributed by atoms with E-state index >= 15 is 0 Å². The molecule has 0 aliphatic rings. The Balaban J connectivity index is 1.54. The number of methoxy groups -OCH3 is 2. The molecule has 0 atom stereocenters. The van der Waals surface area contributed by atoms with E-state index in [2.05, 4.69) is 20.4 Å². The number of carbonyl (C=O) groups is 1. The highest BCUT2D eigenvalue weighted by Crippen LogP contribution is 2.31. The number of ether oxygens (including phenoxy) is 2. The van der Waals surface area contributed by atoms with Crippen molar-refractivity contribution in [3.8, 4) is 22.9 Å². The van der Waals surface area contributed by atoms with Crippen molar-refractivity contribution in [3.63, 3.8) is 0 Å². The first-order chi connectivity index (χ1) is 17.8. The van der Waals surface area contributed by atoms with Gasteiger partial charge in [-0.3, -0.25) is 9.48 Å². The summed E-state index contributed by atoms with van der Waals surface area (Å²) in [5, 5.41) is 8.10. The van der Waals surface area contributed by atoms with Crippen molar-refractivity contribution < 1.29 is 14.3 Å².